The second kappa shape index (κ2) is 5.60. The maximum Gasteiger partial charge on any atom is 0.255 e. The summed E-state index contributed by atoms with van der Waals surface area (Å²) in [7, 11) is 0. The van der Waals surface area contributed by atoms with E-state index in [1.165, 1.54) is 0 Å². The van der Waals surface area contributed by atoms with Crippen molar-refractivity contribution in [2.75, 3.05) is 6.54 Å². The van der Waals surface area contributed by atoms with Crippen LogP contribution in [0.2, 0.25) is 0 Å². The van der Waals surface area contributed by atoms with Gasteiger partial charge in [0.2, 0.25) is 5.91 Å². The topological polar surface area (TPSA) is 76.3 Å². The van der Waals surface area contributed by atoms with E-state index in [9.17, 15) is 9.59 Å². The van der Waals surface area contributed by atoms with Crippen LogP contribution in [0, 0.1) is 6.92 Å². The predicted octanol–water partition coefficient (Wildman–Crippen LogP) is 1.69. The summed E-state index contributed by atoms with van der Waals surface area (Å²) in [5.41, 5.74) is 9.37. The molecule has 0 atom stereocenters. The molecule has 1 aliphatic heterocycles. The second-order valence-corrected chi connectivity index (χ2v) is 5.47. The average molecular weight is 295 g/mol. The Morgan fingerprint density at radius 3 is 2.73 bits per heavy atom. The molecule has 5 heteroatoms. The number of fused-ring (bicyclic) bond motifs is 1. The first-order valence-electron chi connectivity index (χ1n) is 7.19. The highest BCUT2D eigenvalue weighted by molar-refractivity contribution is 5.96. The third kappa shape index (κ3) is 2.57. The lowest BCUT2D eigenvalue weighted by atomic mass is 9.94. The van der Waals surface area contributed by atoms with E-state index >= 15 is 0 Å². The van der Waals surface area contributed by atoms with Gasteiger partial charge < -0.3 is 10.6 Å². The lowest BCUT2D eigenvalue weighted by Crippen LogP contribution is -2.37. The van der Waals surface area contributed by atoms with Gasteiger partial charge in [-0.2, -0.15) is 0 Å². The van der Waals surface area contributed by atoms with E-state index in [0.717, 1.165) is 16.8 Å². The molecule has 5 nitrogen and oxygen atoms in total. The number of rotatable bonds is 2. The fourth-order valence-electron chi connectivity index (χ4n) is 2.79. The molecule has 2 heterocycles. The van der Waals surface area contributed by atoms with Crippen LogP contribution in [0.25, 0.3) is 0 Å². The van der Waals surface area contributed by atoms with Crippen LogP contribution in [0.4, 0.5) is 0 Å². The van der Waals surface area contributed by atoms with Crippen LogP contribution in [0.3, 0.4) is 0 Å². The maximum atomic E-state index is 12.5. The van der Waals surface area contributed by atoms with Gasteiger partial charge in [0.15, 0.2) is 0 Å². The Morgan fingerprint density at radius 1 is 1.23 bits per heavy atom. The molecular weight excluding hydrogens is 278 g/mol. The summed E-state index contributed by atoms with van der Waals surface area (Å²) in [6.45, 7) is 2.95. The number of amides is 2. The van der Waals surface area contributed by atoms with Crippen molar-refractivity contribution in [1.82, 2.24) is 9.88 Å². The minimum absolute atomic E-state index is 0.0392. The van der Waals surface area contributed by atoms with E-state index in [2.05, 4.69) is 4.98 Å². The van der Waals surface area contributed by atoms with Crippen LogP contribution in [-0.4, -0.2) is 28.2 Å². The Morgan fingerprint density at radius 2 is 2.05 bits per heavy atom. The van der Waals surface area contributed by atoms with Crippen molar-refractivity contribution in [2.24, 2.45) is 5.73 Å². The Kier molecular flexibility index (Phi) is 3.63. The lowest BCUT2D eigenvalue weighted by molar-refractivity contribution is 0.0734. The van der Waals surface area contributed by atoms with Crippen molar-refractivity contribution in [2.45, 2.75) is 19.9 Å². The minimum atomic E-state index is -0.417. The van der Waals surface area contributed by atoms with Crippen molar-refractivity contribution in [3.8, 4) is 0 Å². The zero-order valence-electron chi connectivity index (χ0n) is 12.4. The molecule has 112 valence electrons. The number of pyridine rings is 1. The number of aromatic nitrogens is 1. The molecule has 0 fully saturated rings. The molecule has 0 radical (unpaired) electrons. The highest BCUT2D eigenvalue weighted by Gasteiger charge is 2.24. The molecule has 2 N–H and O–H groups in total. The van der Waals surface area contributed by atoms with Crippen LogP contribution in [-0.2, 0) is 13.0 Å². The monoisotopic (exact) mass is 295 g/mol. The summed E-state index contributed by atoms with van der Waals surface area (Å²) in [5.74, 6) is -0.456. The summed E-state index contributed by atoms with van der Waals surface area (Å²) >= 11 is 0. The molecule has 1 aromatic carbocycles. The van der Waals surface area contributed by atoms with Gasteiger partial charge in [0.1, 0.15) is 0 Å². The zero-order chi connectivity index (χ0) is 15.7. The number of hydrogen-bond acceptors (Lipinski definition) is 3. The average Bonchev–Trinajstić information content (AvgIpc) is 2.53. The third-order valence-electron chi connectivity index (χ3n) is 3.98. The molecule has 0 unspecified atom stereocenters. The van der Waals surface area contributed by atoms with Crippen LogP contribution < -0.4 is 5.73 Å². The normalized spacial score (nSPS) is 13.6. The number of carbonyl (C=O) groups excluding carboxylic acids is 2. The standard InChI is InChI=1S/C17H17N3O2/c1-11-5-6-12(9-19-11)17(22)20-8-7-14-13(10-20)3-2-4-15(14)16(18)21/h2-6,9H,7-8,10H2,1H3,(H2,18,21). The van der Waals surface area contributed by atoms with Crippen LogP contribution >= 0.6 is 0 Å². The first-order valence-corrected chi connectivity index (χ1v) is 7.19. The maximum absolute atomic E-state index is 12.5. The Labute approximate surface area is 128 Å². The van der Waals surface area contributed by atoms with Crippen molar-refractivity contribution in [1.29, 1.82) is 0 Å². The van der Waals surface area contributed by atoms with Gasteiger partial charge in [0, 0.05) is 30.5 Å². The summed E-state index contributed by atoms with van der Waals surface area (Å²) in [5, 5.41) is 0. The summed E-state index contributed by atoms with van der Waals surface area (Å²) in [4.78, 5) is 30.0. The predicted molar refractivity (Wildman–Crippen MR) is 82.4 cm³/mol. The molecule has 0 spiro atoms. The number of aryl methyl sites for hydroxylation is 1. The minimum Gasteiger partial charge on any atom is -0.366 e. The Bertz CT molecular complexity index is 738. The number of benzene rings is 1. The molecule has 0 aliphatic carbocycles. The van der Waals surface area contributed by atoms with Crippen molar-refractivity contribution < 1.29 is 9.59 Å². The van der Waals surface area contributed by atoms with Crippen molar-refractivity contribution in [3.05, 3.63) is 64.5 Å². The molecule has 3 rings (SSSR count). The number of nitrogens with two attached hydrogens (primary N) is 1. The van der Waals surface area contributed by atoms with Crippen molar-refractivity contribution in [3.63, 3.8) is 0 Å². The first-order chi connectivity index (χ1) is 10.6. The Hall–Kier alpha value is -2.69. The molecule has 1 aliphatic rings. The van der Waals surface area contributed by atoms with Gasteiger partial charge in [-0.25, -0.2) is 0 Å². The van der Waals surface area contributed by atoms with E-state index < -0.39 is 5.91 Å². The van der Waals surface area contributed by atoms with Gasteiger partial charge in [0.25, 0.3) is 5.91 Å². The molecule has 1 aromatic heterocycles. The fraction of sp³-hybridized carbons (Fsp3) is 0.235. The number of primary amides is 1. The van der Waals surface area contributed by atoms with E-state index in [0.29, 0.717) is 30.6 Å². The van der Waals surface area contributed by atoms with Gasteiger partial charge in [-0.15, -0.1) is 0 Å². The SMILES string of the molecule is Cc1ccc(C(=O)N2CCc3c(cccc3C(N)=O)C2)cn1. The molecular formula is C17H17N3O2. The zero-order valence-corrected chi connectivity index (χ0v) is 12.4. The van der Waals surface area contributed by atoms with Crippen molar-refractivity contribution >= 4 is 11.8 Å². The second-order valence-electron chi connectivity index (χ2n) is 5.47. The summed E-state index contributed by atoms with van der Waals surface area (Å²) < 4.78 is 0. The van der Waals surface area contributed by atoms with E-state index in [1.54, 1.807) is 29.3 Å². The Balaban J connectivity index is 1.85. The van der Waals surface area contributed by atoms with Crippen LogP contribution in [0.1, 0.15) is 37.5 Å². The fourth-order valence-corrected chi connectivity index (χ4v) is 2.79. The van der Waals surface area contributed by atoms with Gasteiger partial charge in [-0.05, 0) is 42.7 Å². The smallest absolute Gasteiger partial charge is 0.255 e. The van der Waals surface area contributed by atoms with Gasteiger partial charge in [-0.3, -0.25) is 14.6 Å². The third-order valence-corrected chi connectivity index (χ3v) is 3.98. The molecule has 2 aromatic rings. The largest absolute Gasteiger partial charge is 0.366 e. The lowest BCUT2D eigenvalue weighted by Gasteiger charge is -2.29. The van der Waals surface area contributed by atoms with Gasteiger partial charge >= 0.3 is 0 Å². The quantitative estimate of drug-likeness (QED) is 0.916. The van der Waals surface area contributed by atoms with E-state index in [-0.39, 0.29) is 5.91 Å². The summed E-state index contributed by atoms with van der Waals surface area (Å²) in [6, 6.07) is 9.10. The van der Waals surface area contributed by atoms with Gasteiger partial charge in [-0.1, -0.05) is 12.1 Å². The highest BCUT2D eigenvalue weighted by atomic mass is 16.2. The van der Waals surface area contributed by atoms with E-state index in [4.69, 9.17) is 5.73 Å². The molecule has 0 saturated heterocycles. The molecule has 0 bridgehead atoms. The molecule has 2 amide bonds. The molecule has 0 saturated carbocycles. The van der Waals surface area contributed by atoms with Crippen LogP contribution in [0.5, 0.6) is 0 Å². The number of nitrogens with zero attached hydrogens (tertiary/aromatic N) is 2. The number of hydrogen-bond donors (Lipinski definition) is 1. The number of carbonyl (C=O) groups is 2. The van der Waals surface area contributed by atoms with E-state index in [1.807, 2.05) is 19.1 Å². The van der Waals surface area contributed by atoms with Crippen LogP contribution in [0.15, 0.2) is 36.5 Å². The highest BCUT2D eigenvalue weighted by Crippen LogP contribution is 2.23. The molecule has 22 heavy (non-hydrogen) atoms. The van der Waals surface area contributed by atoms with Gasteiger partial charge in [0.05, 0.1) is 5.56 Å². The summed E-state index contributed by atoms with van der Waals surface area (Å²) in [6.07, 6.45) is 2.24. The first kappa shape index (κ1) is 14.3.